The van der Waals surface area contributed by atoms with Crippen LogP contribution in [-0.2, 0) is 12.8 Å². The van der Waals surface area contributed by atoms with Gasteiger partial charge in [-0.15, -0.1) is 0 Å². The van der Waals surface area contributed by atoms with Gasteiger partial charge in [0.15, 0.2) is 0 Å². The van der Waals surface area contributed by atoms with Crippen molar-refractivity contribution in [3.8, 4) is 0 Å². The molecule has 0 aromatic heterocycles. The van der Waals surface area contributed by atoms with E-state index in [1.807, 2.05) is 6.92 Å². The molecule has 1 N–H and O–H groups in total. The fraction of sp³-hybridized carbons (Fsp3) is 0.538. The first-order chi connectivity index (χ1) is 7.22. The Balaban J connectivity index is 2.35. The number of para-hydroxylation sites is 1. The van der Waals surface area contributed by atoms with Gasteiger partial charge in [-0.1, -0.05) is 18.2 Å². The molecule has 1 atom stereocenters. The van der Waals surface area contributed by atoms with Crippen LogP contribution in [0.5, 0.6) is 0 Å². The normalized spacial score (nSPS) is 16.6. The molecule has 0 saturated heterocycles. The lowest BCUT2D eigenvalue weighted by Gasteiger charge is -2.20. The molecule has 0 amide bonds. The number of nitrogens with zero attached hydrogens (tertiary/aromatic N) is 1. The summed E-state index contributed by atoms with van der Waals surface area (Å²) >= 11 is 0. The smallest absolute Gasteiger partial charge is 0.0553 e. The highest BCUT2D eigenvalue weighted by Gasteiger charge is 2.20. The first kappa shape index (κ1) is 10.5. The van der Waals surface area contributed by atoms with Gasteiger partial charge >= 0.3 is 0 Å². The molecule has 1 unspecified atom stereocenters. The average molecular weight is 205 g/mol. The third-order valence-electron chi connectivity index (χ3n) is 3.07. The number of benzene rings is 1. The van der Waals surface area contributed by atoms with Crippen molar-refractivity contribution in [3.05, 3.63) is 29.3 Å². The van der Waals surface area contributed by atoms with Crippen LogP contribution < -0.4 is 4.90 Å². The fourth-order valence-electron chi connectivity index (χ4n) is 2.42. The molecule has 0 spiro atoms. The summed E-state index contributed by atoms with van der Waals surface area (Å²) in [5.74, 6) is 0. The third-order valence-corrected chi connectivity index (χ3v) is 3.07. The van der Waals surface area contributed by atoms with Crippen LogP contribution in [0, 0.1) is 0 Å². The molecule has 2 nitrogen and oxygen atoms in total. The van der Waals surface area contributed by atoms with Gasteiger partial charge in [0, 0.05) is 25.2 Å². The Morgan fingerprint density at radius 2 is 2.27 bits per heavy atom. The Morgan fingerprint density at radius 3 is 2.93 bits per heavy atom. The van der Waals surface area contributed by atoms with E-state index in [0.29, 0.717) is 0 Å². The van der Waals surface area contributed by atoms with Crippen LogP contribution in [0.2, 0.25) is 0 Å². The topological polar surface area (TPSA) is 23.5 Å². The van der Waals surface area contributed by atoms with E-state index in [4.69, 9.17) is 0 Å². The van der Waals surface area contributed by atoms with Crippen LogP contribution in [0.3, 0.4) is 0 Å². The molecule has 1 heterocycles. The molecule has 0 radical (unpaired) electrons. The largest absolute Gasteiger partial charge is 0.393 e. The first-order valence-corrected chi connectivity index (χ1v) is 5.76. The second kappa shape index (κ2) is 4.23. The van der Waals surface area contributed by atoms with Crippen molar-refractivity contribution in [2.75, 3.05) is 18.0 Å². The van der Waals surface area contributed by atoms with Crippen LogP contribution >= 0.6 is 0 Å². The molecule has 2 rings (SSSR count). The van der Waals surface area contributed by atoms with Gasteiger partial charge in [-0.3, -0.25) is 0 Å². The molecule has 15 heavy (non-hydrogen) atoms. The van der Waals surface area contributed by atoms with Crippen molar-refractivity contribution in [1.82, 2.24) is 0 Å². The van der Waals surface area contributed by atoms with Crippen molar-refractivity contribution < 1.29 is 5.11 Å². The van der Waals surface area contributed by atoms with E-state index in [1.165, 1.54) is 16.8 Å². The van der Waals surface area contributed by atoms with Crippen LogP contribution in [0.1, 0.15) is 25.0 Å². The fourth-order valence-corrected chi connectivity index (χ4v) is 2.42. The zero-order chi connectivity index (χ0) is 10.8. The van der Waals surface area contributed by atoms with E-state index < -0.39 is 0 Å². The molecule has 1 aromatic rings. The van der Waals surface area contributed by atoms with Crippen LogP contribution in [0.25, 0.3) is 0 Å². The Kier molecular flexibility index (Phi) is 2.96. The van der Waals surface area contributed by atoms with E-state index in [0.717, 1.165) is 25.9 Å². The van der Waals surface area contributed by atoms with Gasteiger partial charge in [0.05, 0.1) is 6.10 Å². The summed E-state index contributed by atoms with van der Waals surface area (Å²) < 4.78 is 0. The second-order valence-electron chi connectivity index (χ2n) is 4.31. The van der Waals surface area contributed by atoms with Gasteiger partial charge in [-0.2, -0.15) is 0 Å². The molecule has 1 aromatic carbocycles. The summed E-state index contributed by atoms with van der Waals surface area (Å²) in [6.07, 6.45) is 1.66. The van der Waals surface area contributed by atoms with Crippen LogP contribution in [-0.4, -0.2) is 24.3 Å². The van der Waals surface area contributed by atoms with Crippen molar-refractivity contribution in [1.29, 1.82) is 0 Å². The maximum atomic E-state index is 9.48. The van der Waals surface area contributed by atoms with Crippen molar-refractivity contribution >= 4 is 5.69 Å². The molecule has 0 aliphatic carbocycles. The summed E-state index contributed by atoms with van der Waals surface area (Å²) in [7, 11) is 0. The minimum absolute atomic E-state index is 0.254. The van der Waals surface area contributed by atoms with Crippen molar-refractivity contribution in [3.63, 3.8) is 0 Å². The number of anilines is 1. The van der Waals surface area contributed by atoms with Gasteiger partial charge in [0.25, 0.3) is 0 Å². The quantitative estimate of drug-likeness (QED) is 0.815. The highest BCUT2D eigenvalue weighted by molar-refractivity contribution is 5.63. The van der Waals surface area contributed by atoms with Gasteiger partial charge in [-0.05, 0) is 31.4 Å². The molecule has 1 aliphatic rings. The van der Waals surface area contributed by atoms with Crippen molar-refractivity contribution in [2.24, 2.45) is 0 Å². The number of hydrogen-bond donors (Lipinski definition) is 1. The maximum Gasteiger partial charge on any atom is 0.0553 e. The number of likely N-dealkylation sites (N-methyl/N-ethyl adjacent to an activating group) is 1. The maximum absolute atomic E-state index is 9.48. The van der Waals surface area contributed by atoms with Gasteiger partial charge < -0.3 is 10.0 Å². The average Bonchev–Trinajstić information content (AvgIpc) is 2.61. The molecule has 1 aliphatic heterocycles. The summed E-state index contributed by atoms with van der Waals surface area (Å²) in [5.41, 5.74) is 4.11. The Labute approximate surface area is 91.5 Å². The highest BCUT2D eigenvalue weighted by atomic mass is 16.3. The van der Waals surface area contributed by atoms with E-state index in [2.05, 4.69) is 30.0 Å². The van der Waals surface area contributed by atoms with Gasteiger partial charge in [-0.25, -0.2) is 0 Å². The molecular weight excluding hydrogens is 186 g/mol. The first-order valence-electron chi connectivity index (χ1n) is 5.76. The predicted octanol–water partition coefficient (Wildman–Crippen LogP) is 1.99. The molecule has 0 saturated carbocycles. The second-order valence-corrected chi connectivity index (χ2v) is 4.31. The van der Waals surface area contributed by atoms with Crippen molar-refractivity contribution in [2.45, 2.75) is 32.8 Å². The molecule has 0 fully saturated rings. The lowest BCUT2D eigenvalue weighted by atomic mass is 10.0. The summed E-state index contributed by atoms with van der Waals surface area (Å²) in [6.45, 7) is 6.23. The lowest BCUT2D eigenvalue weighted by molar-refractivity contribution is 0.195. The third kappa shape index (κ3) is 2.00. The standard InChI is InChI=1S/C13H19NO/c1-3-14-8-7-11-5-4-6-12(13(11)14)9-10(2)15/h4-6,10,15H,3,7-9H2,1-2H3. The zero-order valence-corrected chi connectivity index (χ0v) is 9.53. The Morgan fingerprint density at radius 1 is 1.47 bits per heavy atom. The molecular formula is C13H19NO. The highest BCUT2D eigenvalue weighted by Crippen LogP contribution is 2.32. The monoisotopic (exact) mass is 205 g/mol. The van der Waals surface area contributed by atoms with E-state index in [-0.39, 0.29) is 6.10 Å². The predicted molar refractivity (Wildman–Crippen MR) is 63.4 cm³/mol. The van der Waals surface area contributed by atoms with E-state index in [9.17, 15) is 5.11 Å². The minimum atomic E-state index is -0.254. The van der Waals surface area contributed by atoms with Crippen LogP contribution in [0.4, 0.5) is 5.69 Å². The lowest BCUT2D eigenvalue weighted by Crippen LogP contribution is -2.21. The summed E-state index contributed by atoms with van der Waals surface area (Å²) in [6, 6.07) is 6.45. The minimum Gasteiger partial charge on any atom is -0.393 e. The number of fused-ring (bicyclic) bond motifs is 1. The van der Waals surface area contributed by atoms with E-state index >= 15 is 0 Å². The SMILES string of the molecule is CCN1CCc2cccc(CC(C)O)c21. The van der Waals surface area contributed by atoms with Gasteiger partial charge in [0.1, 0.15) is 0 Å². The summed E-state index contributed by atoms with van der Waals surface area (Å²) in [5, 5.41) is 9.48. The zero-order valence-electron chi connectivity index (χ0n) is 9.53. The van der Waals surface area contributed by atoms with E-state index in [1.54, 1.807) is 0 Å². The molecule has 0 bridgehead atoms. The van der Waals surface area contributed by atoms with Crippen LogP contribution in [0.15, 0.2) is 18.2 Å². The number of aliphatic hydroxyl groups excluding tert-OH is 1. The Hall–Kier alpha value is -1.02. The van der Waals surface area contributed by atoms with Gasteiger partial charge in [0.2, 0.25) is 0 Å². The molecule has 2 heteroatoms. The number of aliphatic hydroxyl groups is 1. The molecule has 82 valence electrons. The Bertz CT molecular complexity index is 346. The number of hydrogen-bond acceptors (Lipinski definition) is 2. The summed E-state index contributed by atoms with van der Waals surface area (Å²) in [4.78, 5) is 2.41. The number of rotatable bonds is 3.